The standard InChI is InChI=1S/C17H13NO2.C13H9NO.C8H10O3/c1-11(2)17(19)20-18-16-14-9-5-3-7-12(14)13-8-4-6-10-15(13)16;15-14-13-11-7-3-1-5-9(11)10-6-2-4-8-12(10)13;1-5(2)7(9)11-8(10)6(3)4/h3-10H,1H2,2H3;1-8,15H;1,3H2,2,4H3. The zero-order valence-electron chi connectivity index (χ0n) is 25.7. The summed E-state index contributed by atoms with van der Waals surface area (Å²) in [4.78, 5) is 37.8. The van der Waals surface area contributed by atoms with Crippen molar-refractivity contribution in [2.24, 2.45) is 10.3 Å². The molecule has 46 heavy (non-hydrogen) atoms. The lowest BCUT2D eigenvalue weighted by molar-refractivity contribution is -0.154. The van der Waals surface area contributed by atoms with Crippen LogP contribution in [0.2, 0.25) is 0 Å². The first-order valence-corrected chi connectivity index (χ1v) is 14.2. The SMILES string of the molecule is C=C(C)C(=O)OC(=O)C(=C)C.C=C(C)C(=O)ON=C1c2ccccc2-c2ccccc21.ON=C1c2ccccc2-c2ccccc21. The molecular formula is C38H32N2O6. The van der Waals surface area contributed by atoms with Crippen LogP contribution in [0, 0.1) is 0 Å². The first kappa shape index (κ1) is 32.8. The van der Waals surface area contributed by atoms with Crippen LogP contribution in [0.4, 0.5) is 0 Å². The first-order chi connectivity index (χ1) is 22.0. The lowest BCUT2D eigenvalue weighted by atomic mass is 10.1. The number of hydrogen-bond donors (Lipinski definition) is 1. The van der Waals surface area contributed by atoms with E-state index in [9.17, 15) is 14.4 Å². The van der Waals surface area contributed by atoms with E-state index in [0.29, 0.717) is 17.0 Å². The Balaban J connectivity index is 0.000000165. The topological polar surface area (TPSA) is 115 Å². The number of esters is 2. The van der Waals surface area contributed by atoms with Gasteiger partial charge in [-0.3, -0.25) is 0 Å². The average molecular weight is 613 g/mol. The van der Waals surface area contributed by atoms with Gasteiger partial charge in [-0.15, -0.1) is 0 Å². The predicted octanol–water partition coefficient (Wildman–Crippen LogP) is 7.64. The van der Waals surface area contributed by atoms with E-state index < -0.39 is 17.9 Å². The van der Waals surface area contributed by atoms with Gasteiger partial charge in [0.1, 0.15) is 11.4 Å². The summed E-state index contributed by atoms with van der Waals surface area (Å²) in [5.41, 5.74) is 10.5. The third kappa shape index (κ3) is 7.14. The Kier molecular flexibility index (Phi) is 10.4. The number of hydrogen-bond acceptors (Lipinski definition) is 8. The number of rotatable bonds is 4. The Hall–Kier alpha value is -6.15. The van der Waals surface area contributed by atoms with Crippen molar-refractivity contribution in [3.8, 4) is 22.3 Å². The van der Waals surface area contributed by atoms with Gasteiger partial charge >= 0.3 is 17.9 Å². The summed E-state index contributed by atoms with van der Waals surface area (Å²) in [7, 11) is 0. The van der Waals surface area contributed by atoms with Gasteiger partial charge in [-0.1, -0.05) is 127 Å². The highest BCUT2D eigenvalue weighted by molar-refractivity contribution is 6.25. The molecule has 2 aliphatic rings. The van der Waals surface area contributed by atoms with Crippen molar-refractivity contribution in [2.75, 3.05) is 0 Å². The fraction of sp³-hybridized carbons (Fsp3) is 0.0789. The van der Waals surface area contributed by atoms with Gasteiger partial charge in [0.2, 0.25) is 0 Å². The molecule has 0 aliphatic heterocycles. The summed E-state index contributed by atoms with van der Waals surface area (Å²) in [5, 5.41) is 16.5. The average Bonchev–Trinajstić information content (AvgIpc) is 3.56. The van der Waals surface area contributed by atoms with Crippen molar-refractivity contribution in [1.82, 2.24) is 0 Å². The zero-order valence-corrected chi connectivity index (χ0v) is 25.7. The van der Waals surface area contributed by atoms with E-state index in [1.54, 1.807) is 6.92 Å². The molecule has 4 aromatic carbocycles. The van der Waals surface area contributed by atoms with Crippen LogP contribution in [0.1, 0.15) is 43.0 Å². The van der Waals surface area contributed by atoms with Gasteiger partial charge in [0.25, 0.3) is 0 Å². The van der Waals surface area contributed by atoms with Crippen LogP contribution in [0.25, 0.3) is 22.3 Å². The van der Waals surface area contributed by atoms with Crippen molar-refractivity contribution in [3.63, 3.8) is 0 Å². The number of benzene rings is 4. The highest BCUT2D eigenvalue weighted by Gasteiger charge is 2.25. The molecule has 0 heterocycles. The third-order valence-corrected chi connectivity index (χ3v) is 6.86. The van der Waals surface area contributed by atoms with Crippen LogP contribution in [0.15, 0.2) is 144 Å². The summed E-state index contributed by atoms with van der Waals surface area (Å²) in [6.07, 6.45) is 0. The van der Waals surface area contributed by atoms with Crippen molar-refractivity contribution in [2.45, 2.75) is 20.8 Å². The van der Waals surface area contributed by atoms with Crippen LogP contribution in [0.3, 0.4) is 0 Å². The molecule has 2 aliphatic carbocycles. The van der Waals surface area contributed by atoms with Crippen LogP contribution in [0.5, 0.6) is 0 Å². The number of ether oxygens (including phenoxy) is 1. The van der Waals surface area contributed by atoms with Crippen molar-refractivity contribution in [3.05, 3.63) is 156 Å². The summed E-state index contributed by atoms with van der Waals surface area (Å²) in [6.45, 7) is 14.7. The van der Waals surface area contributed by atoms with Crippen LogP contribution in [-0.4, -0.2) is 34.5 Å². The molecule has 0 unspecified atom stereocenters. The van der Waals surface area contributed by atoms with E-state index in [0.717, 1.165) is 44.5 Å². The van der Waals surface area contributed by atoms with E-state index in [-0.39, 0.29) is 11.1 Å². The maximum Gasteiger partial charge on any atom is 0.360 e. The Labute approximate surface area is 267 Å². The molecule has 0 atom stereocenters. The molecule has 0 radical (unpaired) electrons. The molecule has 0 aromatic heterocycles. The molecular weight excluding hydrogens is 580 g/mol. The van der Waals surface area contributed by atoms with Crippen LogP contribution >= 0.6 is 0 Å². The maximum atomic E-state index is 11.5. The molecule has 0 saturated carbocycles. The van der Waals surface area contributed by atoms with Gasteiger partial charge in [0, 0.05) is 39.0 Å². The Morgan fingerprint density at radius 1 is 0.500 bits per heavy atom. The van der Waals surface area contributed by atoms with E-state index in [4.69, 9.17) is 10.0 Å². The highest BCUT2D eigenvalue weighted by Crippen LogP contribution is 2.37. The third-order valence-electron chi connectivity index (χ3n) is 6.86. The summed E-state index contributed by atoms with van der Waals surface area (Å²) in [5.74, 6) is -1.93. The Morgan fingerprint density at radius 3 is 1.07 bits per heavy atom. The van der Waals surface area contributed by atoms with Crippen molar-refractivity contribution >= 4 is 29.3 Å². The molecule has 1 N–H and O–H groups in total. The molecule has 6 rings (SSSR count). The lowest BCUT2D eigenvalue weighted by Crippen LogP contribution is -2.12. The zero-order chi connectivity index (χ0) is 33.4. The summed E-state index contributed by atoms with van der Waals surface area (Å²) >= 11 is 0. The minimum absolute atomic E-state index is 0.194. The van der Waals surface area contributed by atoms with E-state index >= 15 is 0 Å². The van der Waals surface area contributed by atoms with E-state index in [1.165, 1.54) is 13.8 Å². The molecule has 4 aromatic rings. The maximum absolute atomic E-state index is 11.5. The van der Waals surface area contributed by atoms with Crippen LogP contribution in [-0.2, 0) is 24.0 Å². The fourth-order valence-corrected chi connectivity index (χ4v) is 4.62. The molecule has 230 valence electrons. The second-order valence-corrected chi connectivity index (χ2v) is 10.5. The molecule has 0 bridgehead atoms. The Morgan fingerprint density at radius 2 is 0.783 bits per heavy atom. The lowest BCUT2D eigenvalue weighted by Gasteiger charge is -2.01. The van der Waals surface area contributed by atoms with Crippen LogP contribution < -0.4 is 0 Å². The quantitative estimate of drug-likeness (QED) is 0.0546. The minimum atomic E-state index is -0.710. The minimum Gasteiger partial charge on any atom is -0.410 e. The normalized spacial score (nSPS) is 11.0. The van der Waals surface area contributed by atoms with Gasteiger partial charge in [0.15, 0.2) is 0 Å². The molecule has 0 amide bonds. The molecule has 0 saturated heterocycles. The second kappa shape index (κ2) is 14.5. The van der Waals surface area contributed by atoms with Gasteiger partial charge in [0.05, 0.1) is 0 Å². The Bertz CT molecular complexity index is 1830. The number of oxime groups is 2. The fourth-order valence-electron chi connectivity index (χ4n) is 4.62. The van der Waals surface area contributed by atoms with Gasteiger partial charge in [-0.25, -0.2) is 14.4 Å². The number of carbonyl (C=O) groups excluding carboxylic acids is 3. The van der Waals surface area contributed by atoms with E-state index in [1.807, 2.05) is 97.1 Å². The first-order valence-electron chi connectivity index (χ1n) is 14.2. The molecule has 8 nitrogen and oxygen atoms in total. The predicted molar refractivity (Wildman–Crippen MR) is 178 cm³/mol. The second-order valence-electron chi connectivity index (χ2n) is 10.5. The van der Waals surface area contributed by atoms with Crippen molar-refractivity contribution < 1.29 is 29.2 Å². The van der Waals surface area contributed by atoms with Gasteiger partial charge in [-0.2, -0.15) is 0 Å². The monoisotopic (exact) mass is 612 g/mol. The number of fused-ring (bicyclic) bond motifs is 6. The van der Waals surface area contributed by atoms with Gasteiger partial charge < -0.3 is 14.8 Å². The number of carbonyl (C=O) groups is 3. The number of nitrogens with zero attached hydrogens (tertiary/aromatic N) is 2. The summed E-state index contributed by atoms with van der Waals surface area (Å²) < 4.78 is 4.30. The molecule has 8 heteroatoms. The molecule has 0 fully saturated rings. The largest absolute Gasteiger partial charge is 0.410 e. The molecule has 0 spiro atoms. The van der Waals surface area contributed by atoms with Gasteiger partial charge in [-0.05, 0) is 43.0 Å². The highest BCUT2D eigenvalue weighted by atomic mass is 16.7. The summed E-state index contributed by atoms with van der Waals surface area (Å²) in [6, 6.07) is 31.8. The smallest absolute Gasteiger partial charge is 0.360 e. The van der Waals surface area contributed by atoms with Crippen molar-refractivity contribution in [1.29, 1.82) is 0 Å². The van der Waals surface area contributed by atoms with E-state index in [2.05, 4.69) is 34.8 Å².